The van der Waals surface area contributed by atoms with Gasteiger partial charge in [0.15, 0.2) is 0 Å². The minimum absolute atomic E-state index is 0.0600. The van der Waals surface area contributed by atoms with Crippen molar-refractivity contribution >= 4 is 0 Å². The Hall–Kier alpha value is -1.02. The first kappa shape index (κ1) is 12.1. The third kappa shape index (κ3) is 2.72. The molecule has 1 aromatic carbocycles. The van der Waals surface area contributed by atoms with Crippen LogP contribution in [0.3, 0.4) is 0 Å². The molecule has 1 rings (SSSR count). The molecule has 0 bridgehead atoms. The summed E-state index contributed by atoms with van der Waals surface area (Å²) in [6, 6.07) is 6.22. The van der Waals surface area contributed by atoms with E-state index >= 15 is 0 Å². The average molecular weight is 207 g/mol. The monoisotopic (exact) mass is 207 g/mol. The zero-order valence-corrected chi connectivity index (χ0v) is 10.1. The third-order valence-electron chi connectivity index (χ3n) is 3.00. The molecule has 1 aromatic rings. The van der Waals surface area contributed by atoms with E-state index in [1.54, 1.807) is 7.11 Å². The number of benzene rings is 1. The number of hydrogen-bond acceptors (Lipinski definition) is 2. The van der Waals surface area contributed by atoms with E-state index in [4.69, 9.17) is 10.5 Å². The quantitative estimate of drug-likeness (QED) is 0.823. The van der Waals surface area contributed by atoms with E-state index < -0.39 is 0 Å². The van der Waals surface area contributed by atoms with Gasteiger partial charge in [-0.15, -0.1) is 0 Å². The number of methoxy groups -OCH3 is 1. The lowest BCUT2D eigenvalue weighted by molar-refractivity contribution is 0.388. The van der Waals surface area contributed by atoms with E-state index in [0.717, 1.165) is 17.7 Å². The molecule has 2 unspecified atom stereocenters. The molecule has 2 nitrogen and oxygen atoms in total. The molecule has 0 aliphatic heterocycles. The average Bonchev–Trinajstić information content (AvgIpc) is 2.27. The topological polar surface area (TPSA) is 35.2 Å². The SMILES string of the molecule is CCC(C)C(N)c1cc(C)ccc1OC. The summed E-state index contributed by atoms with van der Waals surface area (Å²) in [6.45, 7) is 6.41. The van der Waals surface area contributed by atoms with Crippen LogP contribution < -0.4 is 10.5 Å². The van der Waals surface area contributed by atoms with Crippen LogP contribution in [0.25, 0.3) is 0 Å². The van der Waals surface area contributed by atoms with Gasteiger partial charge in [0.1, 0.15) is 5.75 Å². The highest BCUT2D eigenvalue weighted by molar-refractivity contribution is 5.39. The van der Waals surface area contributed by atoms with E-state index in [9.17, 15) is 0 Å². The maximum atomic E-state index is 6.21. The van der Waals surface area contributed by atoms with Gasteiger partial charge >= 0.3 is 0 Å². The molecule has 2 atom stereocenters. The van der Waals surface area contributed by atoms with Crippen LogP contribution in [0.1, 0.15) is 37.4 Å². The molecule has 84 valence electrons. The standard InChI is InChI=1S/C13H21NO/c1-5-10(3)13(14)11-8-9(2)6-7-12(11)15-4/h6-8,10,13H,5,14H2,1-4H3. The van der Waals surface area contributed by atoms with E-state index in [0.29, 0.717) is 5.92 Å². The Kier molecular flexibility index (Phi) is 4.15. The molecule has 15 heavy (non-hydrogen) atoms. The second-order valence-corrected chi connectivity index (χ2v) is 4.16. The summed E-state index contributed by atoms with van der Waals surface area (Å²) in [5.74, 6) is 1.37. The van der Waals surface area contributed by atoms with Gasteiger partial charge in [-0.1, -0.05) is 38.0 Å². The summed E-state index contributed by atoms with van der Waals surface area (Å²) < 4.78 is 5.34. The molecule has 0 spiro atoms. The van der Waals surface area contributed by atoms with Crippen LogP contribution in [0.5, 0.6) is 5.75 Å². The molecule has 0 saturated heterocycles. The van der Waals surface area contributed by atoms with Crippen molar-refractivity contribution in [1.29, 1.82) is 0 Å². The van der Waals surface area contributed by atoms with Crippen LogP contribution in [-0.4, -0.2) is 7.11 Å². The largest absolute Gasteiger partial charge is 0.496 e. The minimum Gasteiger partial charge on any atom is -0.496 e. The summed E-state index contributed by atoms with van der Waals surface area (Å²) in [4.78, 5) is 0. The zero-order valence-electron chi connectivity index (χ0n) is 10.1. The Labute approximate surface area is 92.4 Å². The number of ether oxygens (including phenoxy) is 1. The van der Waals surface area contributed by atoms with Crippen LogP contribution in [-0.2, 0) is 0 Å². The van der Waals surface area contributed by atoms with Crippen LogP contribution in [0.4, 0.5) is 0 Å². The van der Waals surface area contributed by atoms with Gasteiger partial charge in [0, 0.05) is 11.6 Å². The predicted molar refractivity (Wildman–Crippen MR) is 64.1 cm³/mol. The van der Waals surface area contributed by atoms with E-state index in [1.165, 1.54) is 5.56 Å². The van der Waals surface area contributed by atoms with Crippen LogP contribution in [0.2, 0.25) is 0 Å². The molecule has 2 N–H and O–H groups in total. The van der Waals surface area contributed by atoms with Crippen molar-refractivity contribution in [1.82, 2.24) is 0 Å². The summed E-state index contributed by atoms with van der Waals surface area (Å²) in [5, 5.41) is 0. The van der Waals surface area contributed by atoms with Gasteiger partial charge in [-0.05, 0) is 18.9 Å². The molecule has 0 heterocycles. The Bertz CT molecular complexity index is 322. The molecule has 0 aliphatic carbocycles. The molecular formula is C13H21NO. The predicted octanol–water partition coefficient (Wildman–Crippen LogP) is 3.05. The van der Waals surface area contributed by atoms with Gasteiger partial charge in [0.2, 0.25) is 0 Å². The first-order chi connectivity index (χ1) is 7.10. The summed E-state index contributed by atoms with van der Waals surface area (Å²) in [5.41, 5.74) is 8.56. The van der Waals surface area contributed by atoms with Gasteiger partial charge in [0.05, 0.1) is 7.11 Å². The first-order valence-electron chi connectivity index (χ1n) is 5.50. The molecule has 0 radical (unpaired) electrons. The lowest BCUT2D eigenvalue weighted by Gasteiger charge is -2.21. The minimum atomic E-state index is 0.0600. The van der Waals surface area contributed by atoms with E-state index in [-0.39, 0.29) is 6.04 Å². The fourth-order valence-corrected chi connectivity index (χ4v) is 1.67. The van der Waals surface area contributed by atoms with Crippen molar-refractivity contribution in [2.75, 3.05) is 7.11 Å². The smallest absolute Gasteiger partial charge is 0.123 e. The van der Waals surface area contributed by atoms with Crippen molar-refractivity contribution < 1.29 is 4.74 Å². The lowest BCUT2D eigenvalue weighted by atomic mass is 9.92. The van der Waals surface area contributed by atoms with E-state index in [1.807, 2.05) is 12.1 Å². The highest BCUT2D eigenvalue weighted by Crippen LogP contribution is 2.30. The molecule has 0 amide bonds. The van der Waals surface area contributed by atoms with E-state index in [2.05, 4.69) is 26.8 Å². The Balaban J connectivity index is 3.05. The summed E-state index contributed by atoms with van der Waals surface area (Å²) in [6.07, 6.45) is 1.08. The third-order valence-corrected chi connectivity index (χ3v) is 3.00. The fourth-order valence-electron chi connectivity index (χ4n) is 1.67. The number of rotatable bonds is 4. The zero-order chi connectivity index (χ0) is 11.4. The molecule has 2 heteroatoms. The fraction of sp³-hybridized carbons (Fsp3) is 0.538. The summed E-state index contributed by atoms with van der Waals surface area (Å²) >= 11 is 0. The van der Waals surface area contributed by atoms with Gasteiger partial charge < -0.3 is 10.5 Å². The lowest BCUT2D eigenvalue weighted by Crippen LogP contribution is -2.19. The first-order valence-corrected chi connectivity index (χ1v) is 5.50. The van der Waals surface area contributed by atoms with Crippen LogP contribution in [0, 0.1) is 12.8 Å². The Morgan fingerprint density at radius 1 is 1.40 bits per heavy atom. The highest BCUT2D eigenvalue weighted by atomic mass is 16.5. The number of aryl methyl sites for hydroxylation is 1. The number of nitrogens with two attached hydrogens (primary N) is 1. The van der Waals surface area contributed by atoms with Gasteiger partial charge in [-0.3, -0.25) is 0 Å². The van der Waals surface area contributed by atoms with Gasteiger partial charge in [-0.2, -0.15) is 0 Å². The Morgan fingerprint density at radius 2 is 2.07 bits per heavy atom. The van der Waals surface area contributed by atoms with Gasteiger partial charge in [0.25, 0.3) is 0 Å². The highest BCUT2D eigenvalue weighted by Gasteiger charge is 2.17. The Morgan fingerprint density at radius 3 is 2.60 bits per heavy atom. The van der Waals surface area contributed by atoms with Crippen molar-refractivity contribution in [3.8, 4) is 5.75 Å². The van der Waals surface area contributed by atoms with Crippen LogP contribution in [0.15, 0.2) is 18.2 Å². The second-order valence-electron chi connectivity index (χ2n) is 4.16. The van der Waals surface area contributed by atoms with Crippen molar-refractivity contribution in [3.63, 3.8) is 0 Å². The van der Waals surface area contributed by atoms with Crippen LogP contribution >= 0.6 is 0 Å². The molecule has 0 fully saturated rings. The normalized spacial score (nSPS) is 14.7. The second kappa shape index (κ2) is 5.17. The maximum absolute atomic E-state index is 6.21. The van der Waals surface area contributed by atoms with Gasteiger partial charge in [-0.25, -0.2) is 0 Å². The molecule has 0 saturated carbocycles. The molecular weight excluding hydrogens is 186 g/mol. The molecule has 0 aliphatic rings. The summed E-state index contributed by atoms with van der Waals surface area (Å²) in [7, 11) is 1.69. The van der Waals surface area contributed by atoms with Crippen molar-refractivity contribution in [2.24, 2.45) is 11.7 Å². The maximum Gasteiger partial charge on any atom is 0.123 e. The van der Waals surface area contributed by atoms with Crippen molar-refractivity contribution in [3.05, 3.63) is 29.3 Å². The number of hydrogen-bond donors (Lipinski definition) is 1. The molecule has 0 aromatic heterocycles. The van der Waals surface area contributed by atoms with Crippen molar-refractivity contribution in [2.45, 2.75) is 33.2 Å².